The molecule has 0 radical (unpaired) electrons. The van der Waals surface area contributed by atoms with Crippen LogP contribution < -0.4 is 14.8 Å². The summed E-state index contributed by atoms with van der Waals surface area (Å²) in [5.41, 5.74) is 1.34. The molecule has 1 aliphatic rings. The van der Waals surface area contributed by atoms with Gasteiger partial charge in [0.2, 0.25) is 0 Å². The number of thiophene rings is 1. The first-order chi connectivity index (χ1) is 13.0. The fourth-order valence-electron chi connectivity index (χ4n) is 2.93. The van der Waals surface area contributed by atoms with E-state index in [1.54, 1.807) is 32.4 Å². The number of imide groups is 1. The normalized spacial score (nSPS) is 14.3. The van der Waals surface area contributed by atoms with Crippen LogP contribution in [-0.4, -0.2) is 37.5 Å². The number of carbonyl (C=O) groups excluding carboxylic acids is 2. The lowest BCUT2D eigenvalue weighted by molar-refractivity contribution is -0.137. The van der Waals surface area contributed by atoms with Crippen LogP contribution in [0.15, 0.2) is 41.4 Å². The molecule has 0 aliphatic carbocycles. The minimum absolute atomic E-state index is 0.183. The van der Waals surface area contributed by atoms with Gasteiger partial charge in [-0.2, -0.15) is 0 Å². The molecule has 0 bridgehead atoms. The highest BCUT2D eigenvalue weighted by atomic mass is 32.1. The first-order valence-corrected chi connectivity index (χ1v) is 9.47. The van der Waals surface area contributed by atoms with Crippen LogP contribution in [0.25, 0.3) is 5.57 Å². The molecular formula is C20H22N2O4S. The van der Waals surface area contributed by atoms with Gasteiger partial charge in [-0.25, -0.2) is 0 Å². The van der Waals surface area contributed by atoms with Crippen LogP contribution in [0.5, 0.6) is 11.5 Å². The Labute approximate surface area is 162 Å². The van der Waals surface area contributed by atoms with Crippen molar-refractivity contribution < 1.29 is 19.1 Å². The number of methoxy groups -OCH3 is 2. The maximum absolute atomic E-state index is 13.0. The van der Waals surface area contributed by atoms with E-state index >= 15 is 0 Å². The smallest absolute Gasteiger partial charge is 0.278 e. The Hall–Kier alpha value is -2.80. The molecule has 0 unspecified atom stereocenters. The second kappa shape index (κ2) is 7.84. The highest BCUT2D eigenvalue weighted by Crippen LogP contribution is 2.35. The minimum atomic E-state index is -0.313. The van der Waals surface area contributed by atoms with Crippen molar-refractivity contribution in [3.8, 4) is 11.5 Å². The van der Waals surface area contributed by atoms with Crippen molar-refractivity contribution in [2.75, 3.05) is 26.1 Å². The molecule has 1 N–H and O–H groups in total. The molecule has 0 spiro atoms. The summed E-state index contributed by atoms with van der Waals surface area (Å²) in [5.74, 6) is 0.733. The Kier molecular flexibility index (Phi) is 5.51. The van der Waals surface area contributed by atoms with E-state index in [-0.39, 0.29) is 23.4 Å². The number of rotatable bonds is 7. The van der Waals surface area contributed by atoms with Crippen LogP contribution in [0.1, 0.15) is 18.7 Å². The molecule has 0 saturated heterocycles. The van der Waals surface area contributed by atoms with Crippen LogP contribution in [0.2, 0.25) is 0 Å². The summed E-state index contributed by atoms with van der Waals surface area (Å²) in [6.07, 6.45) is 0. The average Bonchev–Trinajstić information content (AvgIpc) is 3.25. The SMILES string of the molecule is COc1ccc(NC2=C(c3cccs3)C(=O)N(CC(C)C)C2=O)cc1OC. The molecule has 7 heteroatoms. The molecular weight excluding hydrogens is 364 g/mol. The Morgan fingerprint density at radius 1 is 1.07 bits per heavy atom. The Balaban J connectivity index is 2.01. The number of benzene rings is 1. The quantitative estimate of drug-likeness (QED) is 0.736. The molecule has 1 aromatic carbocycles. The van der Waals surface area contributed by atoms with Gasteiger partial charge in [0.25, 0.3) is 11.8 Å². The summed E-state index contributed by atoms with van der Waals surface area (Å²) in [6.45, 7) is 4.33. The van der Waals surface area contributed by atoms with Crippen molar-refractivity contribution in [1.29, 1.82) is 0 Å². The third kappa shape index (κ3) is 3.68. The lowest BCUT2D eigenvalue weighted by atomic mass is 10.1. The van der Waals surface area contributed by atoms with Gasteiger partial charge in [0, 0.05) is 23.2 Å². The van der Waals surface area contributed by atoms with Crippen LogP contribution in [0, 0.1) is 5.92 Å². The predicted molar refractivity (Wildman–Crippen MR) is 106 cm³/mol. The fourth-order valence-corrected chi connectivity index (χ4v) is 3.70. The lowest BCUT2D eigenvalue weighted by Gasteiger charge is -2.17. The summed E-state index contributed by atoms with van der Waals surface area (Å²) in [4.78, 5) is 28.0. The van der Waals surface area contributed by atoms with E-state index < -0.39 is 0 Å². The maximum atomic E-state index is 13.0. The number of nitrogens with zero attached hydrogens (tertiary/aromatic N) is 1. The van der Waals surface area contributed by atoms with E-state index in [4.69, 9.17) is 9.47 Å². The third-order valence-corrected chi connectivity index (χ3v) is 5.02. The molecule has 1 aromatic heterocycles. The topological polar surface area (TPSA) is 67.9 Å². The number of hydrogen-bond donors (Lipinski definition) is 1. The van der Waals surface area contributed by atoms with Gasteiger partial charge in [0.15, 0.2) is 11.5 Å². The molecule has 0 atom stereocenters. The van der Waals surface area contributed by atoms with Gasteiger partial charge in [0.1, 0.15) is 5.70 Å². The van der Waals surface area contributed by atoms with E-state index in [1.807, 2.05) is 31.4 Å². The first-order valence-electron chi connectivity index (χ1n) is 8.59. The predicted octanol–water partition coefficient (Wildman–Crippen LogP) is 3.61. The van der Waals surface area contributed by atoms with Crippen molar-refractivity contribution in [2.24, 2.45) is 5.92 Å². The van der Waals surface area contributed by atoms with Gasteiger partial charge in [-0.05, 0) is 29.5 Å². The number of nitrogens with one attached hydrogen (secondary N) is 1. The minimum Gasteiger partial charge on any atom is -0.493 e. The molecule has 2 aromatic rings. The zero-order chi connectivity index (χ0) is 19.6. The zero-order valence-corrected chi connectivity index (χ0v) is 16.6. The standard InChI is InChI=1S/C20H22N2O4S/c1-12(2)11-22-19(23)17(16-6-5-9-27-16)18(20(22)24)21-13-7-8-14(25-3)15(10-13)26-4/h5-10,12,21H,11H2,1-4H3. The van der Waals surface area contributed by atoms with Gasteiger partial charge in [0.05, 0.1) is 19.8 Å². The second-order valence-electron chi connectivity index (χ2n) is 6.54. The van der Waals surface area contributed by atoms with Crippen LogP contribution >= 0.6 is 11.3 Å². The van der Waals surface area contributed by atoms with E-state index in [0.717, 1.165) is 4.88 Å². The molecule has 6 nitrogen and oxygen atoms in total. The van der Waals surface area contributed by atoms with Gasteiger partial charge < -0.3 is 14.8 Å². The van der Waals surface area contributed by atoms with Crippen molar-refractivity contribution in [2.45, 2.75) is 13.8 Å². The van der Waals surface area contributed by atoms with Crippen molar-refractivity contribution in [3.63, 3.8) is 0 Å². The first kappa shape index (κ1) is 19.0. The van der Waals surface area contributed by atoms with Crippen LogP contribution in [-0.2, 0) is 9.59 Å². The van der Waals surface area contributed by atoms with Gasteiger partial charge in [-0.1, -0.05) is 19.9 Å². The number of amides is 2. The highest BCUT2D eigenvalue weighted by Gasteiger charge is 2.39. The third-order valence-electron chi connectivity index (χ3n) is 4.14. The molecule has 3 rings (SSSR count). The lowest BCUT2D eigenvalue weighted by Crippen LogP contribution is -2.35. The van der Waals surface area contributed by atoms with Crippen molar-refractivity contribution >= 4 is 34.4 Å². The Morgan fingerprint density at radius 2 is 1.81 bits per heavy atom. The van der Waals surface area contributed by atoms with Gasteiger partial charge in [-0.3, -0.25) is 14.5 Å². The molecule has 2 amide bonds. The summed E-state index contributed by atoms with van der Waals surface area (Å²) in [7, 11) is 3.11. The fraction of sp³-hybridized carbons (Fsp3) is 0.300. The zero-order valence-electron chi connectivity index (χ0n) is 15.7. The van der Waals surface area contributed by atoms with Crippen LogP contribution in [0.3, 0.4) is 0 Å². The van der Waals surface area contributed by atoms with Gasteiger partial charge >= 0.3 is 0 Å². The summed E-state index contributed by atoms with van der Waals surface area (Å²) < 4.78 is 10.6. The molecule has 0 fully saturated rings. The van der Waals surface area contributed by atoms with Gasteiger partial charge in [-0.15, -0.1) is 11.3 Å². The highest BCUT2D eigenvalue weighted by molar-refractivity contribution is 7.11. The molecule has 142 valence electrons. The monoisotopic (exact) mass is 386 g/mol. The second-order valence-corrected chi connectivity index (χ2v) is 7.48. The Morgan fingerprint density at radius 3 is 2.41 bits per heavy atom. The number of hydrogen-bond acceptors (Lipinski definition) is 6. The average molecular weight is 386 g/mol. The number of anilines is 1. The van der Waals surface area contributed by atoms with Crippen molar-refractivity contribution in [1.82, 2.24) is 4.90 Å². The largest absolute Gasteiger partial charge is 0.493 e. The Bertz CT molecular complexity index is 887. The molecule has 0 saturated carbocycles. The van der Waals surface area contributed by atoms with E-state index in [2.05, 4.69) is 5.32 Å². The molecule has 1 aliphatic heterocycles. The van der Waals surface area contributed by atoms with Crippen LogP contribution in [0.4, 0.5) is 5.69 Å². The number of ether oxygens (including phenoxy) is 2. The summed E-state index contributed by atoms with van der Waals surface area (Å²) in [5, 5.41) is 5.02. The van der Waals surface area contributed by atoms with E-state index in [9.17, 15) is 9.59 Å². The van der Waals surface area contributed by atoms with E-state index in [1.165, 1.54) is 16.2 Å². The summed E-state index contributed by atoms with van der Waals surface area (Å²) >= 11 is 1.43. The number of carbonyl (C=O) groups is 2. The van der Waals surface area contributed by atoms with E-state index in [0.29, 0.717) is 29.3 Å². The molecule has 27 heavy (non-hydrogen) atoms. The summed E-state index contributed by atoms with van der Waals surface area (Å²) in [6, 6.07) is 8.98. The maximum Gasteiger partial charge on any atom is 0.278 e. The molecule has 2 heterocycles. The van der Waals surface area contributed by atoms with Crippen molar-refractivity contribution in [3.05, 3.63) is 46.3 Å².